The summed E-state index contributed by atoms with van der Waals surface area (Å²) in [7, 11) is 0. The first-order valence-corrected chi connectivity index (χ1v) is 11.0. The quantitative estimate of drug-likeness (QED) is 0.248. The summed E-state index contributed by atoms with van der Waals surface area (Å²) in [4.78, 5) is 34.4. The van der Waals surface area contributed by atoms with Gasteiger partial charge in [-0.05, 0) is 78.6 Å². The molecule has 4 aromatic rings. The van der Waals surface area contributed by atoms with Crippen molar-refractivity contribution in [2.45, 2.75) is 10.2 Å². The minimum Gasteiger partial charge on any atom is -0.450 e. The summed E-state index contributed by atoms with van der Waals surface area (Å²) in [6.45, 7) is 0. The molecule has 0 spiro atoms. The third-order valence-corrected chi connectivity index (χ3v) is 5.98. The highest BCUT2D eigenvalue weighted by molar-refractivity contribution is 7.99. The number of thiocarbonyl (C=S) groups is 1. The van der Waals surface area contributed by atoms with Gasteiger partial charge in [0.1, 0.15) is 11.3 Å². The number of imidazole rings is 1. The van der Waals surface area contributed by atoms with Gasteiger partial charge in [-0.2, -0.15) is 0 Å². The molecule has 1 fully saturated rings. The number of nitrogens with one attached hydrogen (secondary N) is 2. The first kappa shape index (κ1) is 20.5. The highest BCUT2D eigenvalue weighted by atomic mass is 35.5. The Morgan fingerprint density at radius 3 is 2.62 bits per heavy atom. The zero-order valence-electron chi connectivity index (χ0n) is 16.2. The van der Waals surface area contributed by atoms with Crippen LogP contribution >= 0.6 is 35.6 Å². The van der Waals surface area contributed by atoms with Gasteiger partial charge in [0, 0.05) is 5.02 Å². The van der Waals surface area contributed by atoms with Gasteiger partial charge in [0.05, 0.1) is 16.7 Å². The van der Waals surface area contributed by atoms with Crippen LogP contribution in [0.3, 0.4) is 0 Å². The molecule has 1 aliphatic rings. The van der Waals surface area contributed by atoms with Crippen molar-refractivity contribution in [3.8, 4) is 0 Å². The number of carbonyl (C=O) groups is 2. The molecule has 7 nitrogen and oxygen atoms in total. The van der Waals surface area contributed by atoms with Gasteiger partial charge in [-0.3, -0.25) is 19.8 Å². The van der Waals surface area contributed by atoms with E-state index in [-0.39, 0.29) is 10.7 Å². The van der Waals surface area contributed by atoms with Crippen LogP contribution in [0.25, 0.3) is 17.1 Å². The van der Waals surface area contributed by atoms with Crippen LogP contribution in [0.4, 0.5) is 5.69 Å². The third-order valence-electron chi connectivity index (χ3n) is 4.64. The van der Waals surface area contributed by atoms with E-state index < -0.39 is 11.8 Å². The molecule has 158 valence electrons. The fraction of sp³-hybridized carbons (Fsp3) is 0. The minimum absolute atomic E-state index is 0.0000439. The summed E-state index contributed by atoms with van der Waals surface area (Å²) < 4.78 is 5.79. The number of H-pyrrole nitrogens is 1. The van der Waals surface area contributed by atoms with E-state index in [4.69, 9.17) is 28.2 Å². The summed E-state index contributed by atoms with van der Waals surface area (Å²) in [5, 5.41) is 4.29. The molecular formula is C22H13ClN4O3S2. The SMILES string of the molecule is O=C1NC(=S)N(c2ccc(Cl)cc2)C(=O)/C1=C/c1ccc(Sc2nc3ccccc3[nH]2)o1. The van der Waals surface area contributed by atoms with Crippen LogP contribution < -0.4 is 10.2 Å². The van der Waals surface area contributed by atoms with Crippen molar-refractivity contribution in [2.24, 2.45) is 0 Å². The van der Waals surface area contributed by atoms with E-state index in [1.54, 1.807) is 36.4 Å². The highest BCUT2D eigenvalue weighted by Gasteiger charge is 2.34. The number of rotatable bonds is 4. The number of anilines is 1. The Morgan fingerprint density at radius 1 is 1.06 bits per heavy atom. The molecule has 0 atom stereocenters. The van der Waals surface area contributed by atoms with Gasteiger partial charge >= 0.3 is 0 Å². The lowest BCUT2D eigenvalue weighted by molar-refractivity contribution is -0.122. The maximum Gasteiger partial charge on any atom is 0.270 e. The van der Waals surface area contributed by atoms with Crippen molar-refractivity contribution >= 4 is 75.3 Å². The summed E-state index contributed by atoms with van der Waals surface area (Å²) >= 11 is 12.4. The number of furan rings is 1. The van der Waals surface area contributed by atoms with Crippen LogP contribution in [0.15, 0.2) is 80.9 Å². The molecule has 3 heterocycles. The predicted molar refractivity (Wildman–Crippen MR) is 127 cm³/mol. The minimum atomic E-state index is -0.590. The lowest BCUT2D eigenvalue weighted by Gasteiger charge is -2.28. The van der Waals surface area contributed by atoms with E-state index in [1.807, 2.05) is 24.3 Å². The standard InChI is InChI=1S/C22H13ClN4O3S2/c23-12-5-7-13(8-6-12)27-20(29)15(19(28)26-22(27)31)11-14-9-10-18(30-14)32-21-24-16-3-1-2-4-17(16)25-21/h1-11H,(H,24,25)(H,26,28,31)/b15-11+. The number of benzene rings is 2. The first-order valence-electron chi connectivity index (χ1n) is 9.37. The van der Waals surface area contributed by atoms with Gasteiger partial charge in [-0.25, -0.2) is 4.98 Å². The molecule has 0 saturated carbocycles. The number of nitrogens with zero attached hydrogens (tertiary/aromatic N) is 2. The monoisotopic (exact) mass is 480 g/mol. The van der Waals surface area contributed by atoms with Crippen molar-refractivity contribution < 1.29 is 14.0 Å². The number of amides is 2. The Morgan fingerprint density at radius 2 is 1.84 bits per heavy atom. The predicted octanol–water partition coefficient (Wildman–Crippen LogP) is 4.79. The maximum atomic E-state index is 13.0. The van der Waals surface area contributed by atoms with E-state index in [1.165, 1.54) is 22.7 Å². The van der Waals surface area contributed by atoms with Gasteiger partial charge in [-0.15, -0.1) is 0 Å². The van der Waals surface area contributed by atoms with Crippen LogP contribution in [0.1, 0.15) is 5.76 Å². The normalized spacial score (nSPS) is 15.6. The molecule has 1 aliphatic heterocycles. The molecule has 0 aliphatic carbocycles. The highest BCUT2D eigenvalue weighted by Crippen LogP contribution is 2.30. The smallest absolute Gasteiger partial charge is 0.270 e. The number of halogens is 1. The molecule has 10 heteroatoms. The number of fused-ring (bicyclic) bond motifs is 1. The lowest BCUT2D eigenvalue weighted by Crippen LogP contribution is -2.54. The van der Waals surface area contributed by atoms with Crippen molar-refractivity contribution in [1.82, 2.24) is 15.3 Å². The Bertz CT molecular complexity index is 1380. The van der Waals surface area contributed by atoms with E-state index in [9.17, 15) is 9.59 Å². The molecule has 0 bridgehead atoms. The number of aromatic nitrogens is 2. The molecular weight excluding hydrogens is 468 g/mol. The fourth-order valence-electron chi connectivity index (χ4n) is 3.16. The number of para-hydroxylation sites is 2. The largest absolute Gasteiger partial charge is 0.450 e. The Kier molecular flexibility index (Phi) is 5.30. The average molecular weight is 481 g/mol. The molecule has 2 aromatic carbocycles. The first-order chi connectivity index (χ1) is 15.5. The second-order valence-electron chi connectivity index (χ2n) is 6.75. The number of aromatic amines is 1. The van der Waals surface area contributed by atoms with Crippen LogP contribution in [-0.2, 0) is 9.59 Å². The van der Waals surface area contributed by atoms with E-state index in [0.717, 1.165) is 11.0 Å². The van der Waals surface area contributed by atoms with Crippen molar-refractivity contribution in [1.29, 1.82) is 0 Å². The summed E-state index contributed by atoms with van der Waals surface area (Å²) in [5.41, 5.74) is 2.18. The Hall–Kier alpha value is -3.40. The second-order valence-corrected chi connectivity index (χ2v) is 8.57. The van der Waals surface area contributed by atoms with Crippen molar-refractivity contribution in [2.75, 3.05) is 4.90 Å². The van der Waals surface area contributed by atoms with Crippen LogP contribution in [-0.4, -0.2) is 26.9 Å². The Labute approximate surface area is 196 Å². The van der Waals surface area contributed by atoms with Crippen molar-refractivity contribution in [3.05, 3.63) is 77.0 Å². The summed E-state index contributed by atoms with van der Waals surface area (Å²) in [5.74, 6) is -0.789. The topological polar surface area (TPSA) is 91.2 Å². The number of hydrogen-bond acceptors (Lipinski definition) is 6. The molecule has 0 radical (unpaired) electrons. The molecule has 32 heavy (non-hydrogen) atoms. The van der Waals surface area contributed by atoms with Crippen LogP contribution in [0.5, 0.6) is 0 Å². The molecule has 2 amide bonds. The summed E-state index contributed by atoms with van der Waals surface area (Å²) in [6, 6.07) is 17.7. The molecule has 2 aromatic heterocycles. The summed E-state index contributed by atoms with van der Waals surface area (Å²) in [6.07, 6.45) is 1.39. The number of hydrogen-bond donors (Lipinski definition) is 2. The zero-order chi connectivity index (χ0) is 22.2. The van der Waals surface area contributed by atoms with Gasteiger partial charge in [0.25, 0.3) is 11.8 Å². The molecule has 1 saturated heterocycles. The van der Waals surface area contributed by atoms with E-state index in [0.29, 0.717) is 26.7 Å². The van der Waals surface area contributed by atoms with E-state index in [2.05, 4.69) is 15.3 Å². The maximum absolute atomic E-state index is 13.0. The van der Waals surface area contributed by atoms with Gasteiger partial charge < -0.3 is 9.40 Å². The fourth-order valence-corrected chi connectivity index (χ4v) is 4.34. The molecule has 5 rings (SSSR count). The molecule has 0 unspecified atom stereocenters. The lowest BCUT2D eigenvalue weighted by atomic mass is 10.1. The Balaban J connectivity index is 1.40. The van der Waals surface area contributed by atoms with Crippen molar-refractivity contribution in [3.63, 3.8) is 0 Å². The molecule has 2 N–H and O–H groups in total. The van der Waals surface area contributed by atoms with Crippen LogP contribution in [0, 0.1) is 0 Å². The second kappa shape index (κ2) is 8.27. The van der Waals surface area contributed by atoms with Crippen LogP contribution in [0.2, 0.25) is 5.02 Å². The van der Waals surface area contributed by atoms with Gasteiger partial charge in [-0.1, -0.05) is 23.7 Å². The van der Waals surface area contributed by atoms with Gasteiger partial charge in [0.15, 0.2) is 15.4 Å². The third kappa shape index (κ3) is 3.93. The van der Waals surface area contributed by atoms with E-state index >= 15 is 0 Å². The average Bonchev–Trinajstić information content (AvgIpc) is 3.38. The van der Waals surface area contributed by atoms with Gasteiger partial charge in [0.2, 0.25) is 0 Å². The number of carbonyl (C=O) groups excluding carboxylic acids is 2. The zero-order valence-corrected chi connectivity index (χ0v) is 18.6.